The molecule has 1 aromatic heterocycles. The summed E-state index contributed by atoms with van der Waals surface area (Å²) >= 11 is 1.43. The van der Waals surface area contributed by atoms with Crippen molar-refractivity contribution in [1.29, 1.82) is 0 Å². The summed E-state index contributed by atoms with van der Waals surface area (Å²) in [7, 11) is -3.89. The van der Waals surface area contributed by atoms with Gasteiger partial charge in [-0.3, -0.25) is 5.32 Å². The fourth-order valence-corrected chi connectivity index (χ4v) is 6.35. The molecule has 218 valence electrons. The van der Waals surface area contributed by atoms with Crippen molar-refractivity contribution in [3.05, 3.63) is 29.4 Å². The number of carbonyl (C=O) groups is 2. The SMILES string of the molecule is CC(C)OC(=O)Nc1ccc(-c2cnc([C@@H]3CCCCO3)s2)c(S(=O)(=O)NC(C)(C)C)c1.CC(C)OC(N)=O. The van der Waals surface area contributed by atoms with Crippen LogP contribution in [0.3, 0.4) is 0 Å². The Hall–Kier alpha value is -2.74. The molecule has 0 saturated carbocycles. The lowest BCUT2D eigenvalue weighted by atomic mass is 10.1. The molecule has 3 rings (SSSR count). The lowest BCUT2D eigenvalue weighted by molar-refractivity contribution is 0.0148. The molecule has 39 heavy (non-hydrogen) atoms. The number of nitrogens with two attached hydrogens (primary N) is 1. The van der Waals surface area contributed by atoms with Crippen LogP contribution in [0.5, 0.6) is 0 Å². The van der Waals surface area contributed by atoms with Crippen LogP contribution in [0.15, 0.2) is 29.3 Å². The molecule has 1 aromatic carbocycles. The van der Waals surface area contributed by atoms with Crippen LogP contribution in [-0.2, 0) is 24.2 Å². The summed E-state index contributed by atoms with van der Waals surface area (Å²) in [6.45, 7) is 13.0. The standard InChI is InChI=1S/C22H31N3O5S2.C4H9NO2/c1-14(2)30-21(26)24-15-9-10-16(19(12-15)32(27,28)25-22(3,4)5)18-13-23-20(31-18)17-8-6-7-11-29-17;1-3(2)7-4(5)6/h9-10,12-14,17,25H,6-8,11H2,1-5H3,(H,24,26);3H,1-2H3,(H2,5,6)/t17-;/m0./s1. The van der Waals surface area contributed by atoms with Gasteiger partial charge in [-0.2, -0.15) is 0 Å². The highest BCUT2D eigenvalue weighted by atomic mass is 32.2. The number of sulfonamides is 1. The smallest absolute Gasteiger partial charge is 0.411 e. The predicted octanol–water partition coefficient (Wildman–Crippen LogP) is 5.58. The molecule has 2 aromatic rings. The first-order valence-electron chi connectivity index (χ1n) is 12.8. The number of aromatic nitrogens is 1. The molecule has 1 saturated heterocycles. The van der Waals surface area contributed by atoms with E-state index in [-0.39, 0.29) is 23.2 Å². The van der Waals surface area contributed by atoms with Crippen LogP contribution in [-0.4, -0.2) is 49.9 Å². The molecular formula is C26H40N4O7S2. The van der Waals surface area contributed by atoms with Crippen LogP contribution >= 0.6 is 11.3 Å². The third-order valence-electron chi connectivity index (χ3n) is 4.90. The van der Waals surface area contributed by atoms with E-state index < -0.39 is 27.7 Å². The van der Waals surface area contributed by atoms with Gasteiger partial charge in [0.1, 0.15) is 11.1 Å². The Morgan fingerprint density at radius 1 is 1.13 bits per heavy atom. The van der Waals surface area contributed by atoms with Gasteiger partial charge in [-0.1, -0.05) is 6.07 Å². The number of anilines is 1. The molecule has 0 spiro atoms. The fourth-order valence-electron chi connectivity index (χ4n) is 3.57. The second-order valence-corrected chi connectivity index (χ2v) is 13.3. The Balaban J connectivity index is 0.000000673. The first-order chi connectivity index (χ1) is 18.1. The van der Waals surface area contributed by atoms with E-state index in [1.165, 1.54) is 17.4 Å². The topological polar surface area (TPSA) is 159 Å². The van der Waals surface area contributed by atoms with Crippen molar-refractivity contribution in [1.82, 2.24) is 9.71 Å². The van der Waals surface area contributed by atoms with Crippen molar-refractivity contribution in [3.8, 4) is 10.4 Å². The van der Waals surface area contributed by atoms with Crippen molar-refractivity contribution >= 4 is 39.2 Å². The number of rotatable bonds is 7. The van der Waals surface area contributed by atoms with E-state index in [1.807, 2.05) is 0 Å². The average molecular weight is 585 g/mol. The lowest BCUT2D eigenvalue weighted by Crippen LogP contribution is -2.40. The van der Waals surface area contributed by atoms with Gasteiger partial charge in [0.2, 0.25) is 10.0 Å². The van der Waals surface area contributed by atoms with Crippen LogP contribution in [0.2, 0.25) is 0 Å². The van der Waals surface area contributed by atoms with E-state index in [4.69, 9.17) is 9.47 Å². The Morgan fingerprint density at radius 2 is 1.79 bits per heavy atom. The molecule has 1 aliphatic heterocycles. The van der Waals surface area contributed by atoms with Gasteiger partial charge in [-0.05, 0) is 79.9 Å². The summed E-state index contributed by atoms with van der Waals surface area (Å²) in [5.74, 6) is 0. The number of nitrogens with one attached hydrogen (secondary N) is 2. The van der Waals surface area contributed by atoms with Crippen molar-refractivity contribution in [2.75, 3.05) is 11.9 Å². The molecule has 0 bridgehead atoms. The zero-order valence-corrected chi connectivity index (χ0v) is 25.2. The highest BCUT2D eigenvalue weighted by Gasteiger charge is 2.27. The molecule has 4 N–H and O–H groups in total. The number of primary amides is 1. The number of ether oxygens (including phenoxy) is 3. The van der Waals surface area contributed by atoms with Crippen LogP contribution in [0.1, 0.15) is 78.8 Å². The van der Waals surface area contributed by atoms with Crippen molar-refractivity contribution in [3.63, 3.8) is 0 Å². The van der Waals surface area contributed by atoms with Gasteiger partial charge in [0.25, 0.3) is 0 Å². The maximum atomic E-state index is 13.3. The van der Waals surface area contributed by atoms with Gasteiger partial charge in [0, 0.05) is 29.6 Å². The third-order valence-corrected chi connectivity index (χ3v) is 7.82. The molecule has 1 fully saturated rings. The van der Waals surface area contributed by atoms with Crippen LogP contribution in [0.4, 0.5) is 15.3 Å². The minimum absolute atomic E-state index is 0.0537. The van der Waals surface area contributed by atoms with Crippen molar-refractivity contribution in [2.24, 2.45) is 5.73 Å². The minimum atomic E-state index is -3.89. The van der Waals surface area contributed by atoms with E-state index >= 15 is 0 Å². The number of carbonyl (C=O) groups excluding carboxylic acids is 2. The van der Waals surface area contributed by atoms with Gasteiger partial charge in [0.15, 0.2) is 0 Å². The molecule has 13 heteroatoms. The van der Waals surface area contributed by atoms with Gasteiger partial charge < -0.3 is 19.9 Å². The molecular weight excluding hydrogens is 544 g/mol. The summed E-state index contributed by atoms with van der Waals surface area (Å²) in [5, 5.41) is 3.44. The van der Waals surface area contributed by atoms with Crippen molar-refractivity contribution in [2.45, 2.75) is 96.5 Å². The quantitative estimate of drug-likeness (QED) is 0.381. The Labute approximate surface area is 234 Å². The molecule has 0 radical (unpaired) electrons. The average Bonchev–Trinajstić information content (AvgIpc) is 3.27. The number of thiazole rings is 1. The summed E-state index contributed by atoms with van der Waals surface area (Å²) < 4.78 is 44.6. The number of amides is 2. The number of benzene rings is 1. The minimum Gasteiger partial charge on any atom is -0.447 e. The Kier molecular flexibility index (Phi) is 11.7. The molecule has 2 amide bonds. The van der Waals surface area contributed by atoms with Gasteiger partial charge in [-0.25, -0.2) is 27.7 Å². The van der Waals surface area contributed by atoms with Crippen LogP contribution < -0.4 is 15.8 Å². The van der Waals surface area contributed by atoms with E-state index in [9.17, 15) is 18.0 Å². The highest BCUT2D eigenvalue weighted by Crippen LogP contribution is 2.38. The summed E-state index contributed by atoms with van der Waals surface area (Å²) in [4.78, 5) is 27.1. The maximum Gasteiger partial charge on any atom is 0.411 e. The van der Waals surface area contributed by atoms with E-state index in [0.717, 1.165) is 29.1 Å². The molecule has 0 unspecified atom stereocenters. The van der Waals surface area contributed by atoms with E-state index in [1.54, 1.807) is 66.8 Å². The zero-order valence-electron chi connectivity index (χ0n) is 23.6. The normalized spacial score (nSPS) is 15.9. The molecule has 2 heterocycles. The Bertz CT molecular complexity index is 1220. The zero-order chi connectivity index (χ0) is 29.4. The van der Waals surface area contributed by atoms with Gasteiger partial charge in [-0.15, -0.1) is 11.3 Å². The van der Waals surface area contributed by atoms with Gasteiger partial charge >= 0.3 is 12.2 Å². The second kappa shape index (κ2) is 14.1. The monoisotopic (exact) mass is 584 g/mol. The summed E-state index contributed by atoms with van der Waals surface area (Å²) in [6, 6.07) is 4.78. The highest BCUT2D eigenvalue weighted by molar-refractivity contribution is 7.89. The maximum absolute atomic E-state index is 13.3. The third kappa shape index (κ3) is 11.1. The fraction of sp³-hybridized carbons (Fsp3) is 0.577. The summed E-state index contributed by atoms with van der Waals surface area (Å²) in [6.07, 6.45) is 2.92. The van der Waals surface area contributed by atoms with Gasteiger partial charge in [0.05, 0.1) is 22.0 Å². The first kappa shape index (κ1) is 32.5. The molecule has 1 atom stereocenters. The van der Waals surface area contributed by atoms with Crippen molar-refractivity contribution < 1.29 is 32.2 Å². The molecule has 0 aliphatic carbocycles. The van der Waals surface area contributed by atoms with E-state index in [2.05, 4.69) is 25.5 Å². The predicted molar refractivity (Wildman–Crippen MR) is 151 cm³/mol. The van der Waals surface area contributed by atoms with E-state index in [0.29, 0.717) is 17.9 Å². The number of nitrogens with zero attached hydrogens (tertiary/aromatic N) is 1. The second-order valence-electron chi connectivity index (χ2n) is 10.5. The number of hydrogen-bond acceptors (Lipinski definition) is 9. The molecule has 11 nitrogen and oxygen atoms in total. The summed E-state index contributed by atoms with van der Waals surface area (Å²) in [5.41, 5.74) is 4.80. The van der Waals surface area contributed by atoms with Crippen LogP contribution in [0, 0.1) is 0 Å². The molecule has 1 aliphatic rings. The lowest BCUT2D eigenvalue weighted by Gasteiger charge is -2.22. The number of hydrogen-bond donors (Lipinski definition) is 3. The Morgan fingerprint density at radius 3 is 2.31 bits per heavy atom. The first-order valence-corrected chi connectivity index (χ1v) is 15.1. The van der Waals surface area contributed by atoms with Crippen LogP contribution in [0.25, 0.3) is 10.4 Å². The largest absolute Gasteiger partial charge is 0.447 e.